The first-order valence-electron chi connectivity index (χ1n) is 6.04. The van der Waals surface area contributed by atoms with Crippen molar-refractivity contribution in [2.75, 3.05) is 12.4 Å². The lowest BCUT2D eigenvalue weighted by atomic mass is 10.3. The second-order valence-corrected chi connectivity index (χ2v) is 4.10. The Kier molecular flexibility index (Phi) is 4.39. The lowest BCUT2D eigenvalue weighted by molar-refractivity contribution is 0.252. The van der Waals surface area contributed by atoms with Gasteiger partial charge in [-0.1, -0.05) is 0 Å². The molecule has 0 unspecified atom stereocenters. The van der Waals surface area contributed by atoms with Crippen molar-refractivity contribution in [3.63, 3.8) is 0 Å². The normalized spacial score (nSPS) is 10.5. The van der Waals surface area contributed by atoms with Crippen molar-refractivity contribution in [3.05, 3.63) is 48.3 Å². The molecule has 0 fully saturated rings. The van der Waals surface area contributed by atoms with Gasteiger partial charge in [-0.05, 0) is 36.4 Å². The van der Waals surface area contributed by atoms with Crippen LogP contribution in [0.1, 0.15) is 5.69 Å². The summed E-state index contributed by atoms with van der Waals surface area (Å²) in [7, 11) is 3.49. The Labute approximate surface area is 117 Å². The molecule has 1 heterocycles. The maximum absolute atomic E-state index is 11.6. The van der Waals surface area contributed by atoms with E-state index in [4.69, 9.17) is 4.74 Å². The fraction of sp³-hybridized carbons (Fsp3) is 0.143. The standard InChI is InChI=1S/C14H16N4O2/c1-18-9-3-4-12(18)10-15-17-14(19)16-11-5-7-13(20-2)8-6-11/h3-10H,1-2H3,(H2,16,17,19)/b15-10+. The van der Waals surface area contributed by atoms with Gasteiger partial charge in [-0.3, -0.25) is 0 Å². The molecule has 2 N–H and O–H groups in total. The highest BCUT2D eigenvalue weighted by atomic mass is 16.5. The Morgan fingerprint density at radius 1 is 1.30 bits per heavy atom. The Balaban J connectivity index is 1.86. The van der Waals surface area contributed by atoms with E-state index in [0.717, 1.165) is 11.4 Å². The highest BCUT2D eigenvalue weighted by Crippen LogP contribution is 2.14. The average molecular weight is 272 g/mol. The number of aromatic nitrogens is 1. The van der Waals surface area contributed by atoms with Gasteiger partial charge in [0.25, 0.3) is 0 Å². The molecule has 6 heteroatoms. The van der Waals surface area contributed by atoms with Crippen molar-refractivity contribution >= 4 is 17.9 Å². The lowest BCUT2D eigenvalue weighted by Crippen LogP contribution is -2.24. The van der Waals surface area contributed by atoms with Gasteiger partial charge in [0.15, 0.2) is 0 Å². The van der Waals surface area contributed by atoms with Crippen LogP contribution in [0.2, 0.25) is 0 Å². The number of benzene rings is 1. The number of hydrogen-bond donors (Lipinski definition) is 2. The minimum Gasteiger partial charge on any atom is -0.497 e. The molecule has 0 saturated carbocycles. The summed E-state index contributed by atoms with van der Waals surface area (Å²) in [5.74, 6) is 0.734. The third-order valence-corrected chi connectivity index (χ3v) is 2.69. The van der Waals surface area contributed by atoms with E-state index in [2.05, 4.69) is 15.8 Å². The predicted octanol–water partition coefficient (Wildman–Crippen LogP) is 2.19. The van der Waals surface area contributed by atoms with Crippen molar-refractivity contribution < 1.29 is 9.53 Å². The average Bonchev–Trinajstić information content (AvgIpc) is 2.85. The molecule has 0 radical (unpaired) electrons. The Morgan fingerprint density at radius 2 is 2.05 bits per heavy atom. The maximum atomic E-state index is 11.6. The minimum atomic E-state index is -0.402. The van der Waals surface area contributed by atoms with E-state index in [1.54, 1.807) is 37.6 Å². The van der Waals surface area contributed by atoms with Crippen molar-refractivity contribution in [2.45, 2.75) is 0 Å². The molecular formula is C14H16N4O2. The monoisotopic (exact) mass is 272 g/mol. The number of hydrogen-bond acceptors (Lipinski definition) is 3. The number of rotatable bonds is 4. The van der Waals surface area contributed by atoms with E-state index >= 15 is 0 Å². The maximum Gasteiger partial charge on any atom is 0.339 e. The first-order valence-corrected chi connectivity index (χ1v) is 6.04. The van der Waals surface area contributed by atoms with Gasteiger partial charge < -0.3 is 14.6 Å². The molecule has 6 nitrogen and oxygen atoms in total. The number of anilines is 1. The lowest BCUT2D eigenvalue weighted by Gasteiger charge is -2.05. The van der Waals surface area contributed by atoms with Crippen molar-refractivity contribution in [3.8, 4) is 5.75 Å². The van der Waals surface area contributed by atoms with Gasteiger partial charge in [0.2, 0.25) is 0 Å². The molecule has 0 bridgehead atoms. The molecule has 0 saturated heterocycles. The number of carbonyl (C=O) groups is 1. The Hall–Kier alpha value is -2.76. The molecule has 1 aromatic heterocycles. The fourth-order valence-electron chi connectivity index (χ4n) is 1.60. The Morgan fingerprint density at radius 3 is 2.65 bits per heavy atom. The van der Waals surface area contributed by atoms with Gasteiger partial charge in [0.1, 0.15) is 5.75 Å². The van der Waals surface area contributed by atoms with E-state index in [-0.39, 0.29) is 0 Å². The van der Waals surface area contributed by atoms with E-state index in [0.29, 0.717) is 5.69 Å². The van der Waals surface area contributed by atoms with Gasteiger partial charge in [-0.25, -0.2) is 10.2 Å². The van der Waals surface area contributed by atoms with Gasteiger partial charge in [-0.2, -0.15) is 5.10 Å². The van der Waals surface area contributed by atoms with Crippen LogP contribution < -0.4 is 15.5 Å². The molecule has 2 aromatic rings. The molecule has 0 aliphatic rings. The number of carbonyl (C=O) groups excluding carboxylic acids is 1. The van der Waals surface area contributed by atoms with Gasteiger partial charge in [0.05, 0.1) is 19.0 Å². The summed E-state index contributed by atoms with van der Waals surface area (Å²) in [5, 5.41) is 6.53. The van der Waals surface area contributed by atoms with Crippen LogP contribution in [-0.2, 0) is 7.05 Å². The molecule has 1 aromatic carbocycles. The number of methoxy groups -OCH3 is 1. The SMILES string of the molecule is COc1ccc(NC(=O)N/N=C/c2cccn2C)cc1. The first kappa shape index (κ1) is 13.7. The number of hydrazone groups is 1. The molecule has 0 atom stereocenters. The third kappa shape index (κ3) is 3.61. The number of nitrogens with one attached hydrogen (secondary N) is 2. The number of ether oxygens (including phenoxy) is 1. The predicted molar refractivity (Wildman–Crippen MR) is 78.2 cm³/mol. The second-order valence-electron chi connectivity index (χ2n) is 4.10. The molecule has 2 rings (SSSR count). The van der Waals surface area contributed by atoms with Gasteiger partial charge in [0, 0.05) is 18.9 Å². The van der Waals surface area contributed by atoms with Crippen molar-refractivity contribution in [1.82, 2.24) is 9.99 Å². The third-order valence-electron chi connectivity index (χ3n) is 2.69. The van der Waals surface area contributed by atoms with Crippen molar-refractivity contribution in [2.24, 2.45) is 12.1 Å². The summed E-state index contributed by atoms with van der Waals surface area (Å²) in [6.07, 6.45) is 3.48. The number of nitrogens with zero attached hydrogens (tertiary/aromatic N) is 2. The van der Waals surface area contributed by atoms with E-state index < -0.39 is 6.03 Å². The summed E-state index contributed by atoms with van der Waals surface area (Å²) in [5.41, 5.74) is 3.96. The van der Waals surface area contributed by atoms with Crippen LogP contribution in [0.3, 0.4) is 0 Å². The highest BCUT2D eigenvalue weighted by Gasteiger charge is 2.00. The summed E-state index contributed by atoms with van der Waals surface area (Å²) < 4.78 is 6.93. The summed E-state index contributed by atoms with van der Waals surface area (Å²) >= 11 is 0. The van der Waals surface area contributed by atoms with Gasteiger partial charge in [-0.15, -0.1) is 0 Å². The van der Waals surface area contributed by atoms with E-state index in [1.807, 2.05) is 29.9 Å². The first-order chi connectivity index (χ1) is 9.69. The summed E-state index contributed by atoms with van der Waals surface area (Å²) in [4.78, 5) is 11.6. The summed E-state index contributed by atoms with van der Waals surface area (Å²) in [6.45, 7) is 0. The molecule has 20 heavy (non-hydrogen) atoms. The highest BCUT2D eigenvalue weighted by molar-refractivity contribution is 5.90. The number of aryl methyl sites for hydroxylation is 1. The van der Waals surface area contributed by atoms with Crippen LogP contribution in [0, 0.1) is 0 Å². The van der Waals surface area contributed by atoms with E-state index in [9.17, 15) is 4.79 Å². The smallest absolute Gasteiger partial charge is 0.339 e. The van der Waals surface area contributed by atoms with Gasteiger partial charge >= 0.3 is 6.03 Å². The van der Waals surface area contributed by atoms with Crippen LogP contribution in [0.25, 0.3) is 0 Å². The topological polar surface area (TPSA) is 67.7 Å². The number of amides is 2. The molecule has 0 aliphatic carbocycles. The molecule has 2 amide bonds. The zero-order chi connectivity index (χ0) is 14.4. The zero-order valence-electron chi connectivity index (χ0n) is 11.3. The second kappa shape index (κ2) is 6.42. The molecule has 0 spiro atoms. The van der Waals surface area contributed by atoms with Crippen LogP contribution in [0.15, 0.2) is 47.7 Å². The van der Waals surface area contributed by atoms with Crippen LogP contribution in [-0.4, -0.2) is 23.9 Å². The van der Waals surface area contributed by atoms with Crippen LogP contribution in [0.4, 0.5) is 10.5 Å². The molecule has 0 aliphatic heterocycles. The molecular weight excluding hydrogens is 256 g/mol. The minimum absolute atomic E-state index is 0.402. The quantitative estimate of drug-likeness (QED) is 0.661. The Bertz CT molecular complexity index is 602. The summed E-state index contributed by atoms with van der Waals surface area (Å²) in [6, 6.07) is 10.4. The fourth-order valence-corrected chi connectivity index (χ4v) is 1.60. The number of urea groups is 1. The van der Waals surface area contributed by atoms with Crippen LogP contribution >= 0.6 is 0 Å². The zero-order valence-corrected chi connectivity index (χ0v) is 11.3. The van der Waals surface area contributed by atoms with Crippen molar-refractivity contribution in [1.29, 1.82) is 0 Å². The largest absolute Gasteiger partial charge is 0.497 e. The van der Waals surface area contributed by atoms with E-state index in [1.165, 1.54) is 0 Å². The molecule has 104 valence electrons. The van der Waals surface area contributed by atoms with Crippen LogP contribution in [0.5, 0.6) is 5.75 Å².